The summed E-state index contributed by atoms with van der Waals surface area (Å²) in [5.74, 6) is 0.878. The number of halogens is 2. The molecule has 0 bridgehead atoms. The molecule has 0 radical (unpaired) electrons. The van der Waals surface area contributed by atoms with Crippen LogP contribution in [0.1, 0.15) is 42.0 Å². The van der Waals surface area contributed by atoms with Gasteiger partial charge in [-0.2, -0.15) is 0 Å². The Hall–Kier alpha value is -1.71. The fourth-order valence-corrected chi connectivity index (χ4v) is 3.93. The van der Waals surface area contributed by atoms with E-state index in [9.17, 15) is 4.79 Å². The van der Waals surface area contributed by atoms with Crippen molar-refractivity contribution in [3.8, 4) is 5.75 Å². The normalized spacial score (nSPS) is 16.2. The number of fused-ring (bicyclic) bond motifs is 1. The average molecular weight is 378 g/mol. The van der Waals surface area contributed by atoms with Crippen LogP contribution in [0, 0.1) is 0 Å². The first-order chi connectivity index (χ1) is 12.1. The number of methoxy groups -OCH3 is 1. The van der Waals surface area contributed by atoms with Gasteiger partial charge in [-0.3, -0.25) is 4.79 Å². The van der Waals surface area contributed by atoms with Crippen LogP contribution in [-0.4, -0.2) is 13.0 Å². The Balaban J connectivity index is 1.64. The summed E-state index contributed by atoms with van der Waals surface area (Å²) in [7, 11) is 1.67. The molecule has 5 heteroatoms. The fourth-order valence-electron chi connectivity index (χ4n) is 3.34. The van der Waals surface area contributed by atoms with Crippen molar-refractivity contribution in [1.82, 2.24) is 5.32 Å². The number of aryl methyl sites for hydroxylation is 1. The van der Waals surface area contributed by atoms with Crippen molar-refractivity contribution < 1.29 is 9.53 Å². The number of amides is 1. The van der Waals surface area contributed by atoms with Crippen LogP contribution in [0.2, 0.25) is 10.0 Å². The minimum atomic E-state index is 0.0182. The molecule has 1 aliphatic rings. The number of carbonyl (C=O) groups excluding carboxylic acids is 1. The third kappa shape index (κ3) is 4.28. The van der Waals surface area contributed by atoms with Crippen LogP contribution >= 0.6 is 23.2 Å². The van der Waals surface area contributed by atoms with Gasteiger partial charge in [0.2, 0.25) is 5.91 Å². The van der Waals surface area contributed by atoms with Crippen molar-refractivity contribution in [3.63, 3.8) is 0 Å². The Kier molecular flexibility index (Phi) is 5.87. The minimum Gasteiger partial charge on any atom is -0.497 e. The predicted molar refractivity (Wildman–Crippen MR) is 102 cm³/mol. The van der Waals surface area contributed by atoms with Crippen molar-refractivity contribution in [2.75, 3.05) is 7.11 Å². The van der Waals surface area contributed by atoms with E-state index in [-0.39, 0.29) is 11.9 Å². The number of benzene rings is 2. The van der Waals surface area contributed by atoms with E-state index in [2.05, 4.69) is 17.4 Å². The second-order valence-electron chi connectivity index (χ2n) is 6.28. The molecule has 0 aliphatic heterocycles. The highest BCUT2D eigenvalue weighted by Crippen LogP contribution is 2.32. The van der Waals surface area contributed by atoms with Crippen molar-refractivity contribution in [2.45, 2.75) is 38.1 Å². The fraction of sp³-hybridized carbons (Fsp3) is 0.350. The number of hydrogen-bond acceptors (Lipinski definition) is 2. The van der Waals surface area contributed by atoms with Gasteiger partial charge in [0.1, 0.15) is 5.75 Å². The van der Waals surface area contributed by atoms with Crippen molar-refractivity contribution in [3.05, 3.63) is 63.1 Å². The summed E-state index contributed by atoms with van der Waals surface area (Å²) >= 11 is 12.3. The lowest BCUT2D eigenvalue weighted by Crippen LogP contribution is -2.31. The summed E-state index contributed by atoms with van der Waals surface area (Å²) < 4.78 is 5.29. The zero-order valence-electron chi connectivity index (χ0n) is 14.1. The molecule has 1 aliphatic carbocycles. The largest absolute Gasteiger partial charge is 0.497 e. The van der Waals surface area contributed by atoms with Crippen LogP contribution < -0.4 is 10.1 Å². The lowest BCUT2D eigenvalue weighted by Gasteiger charge is -2.27. The summed E-state index contributed by atoms with van der Waals surface area (Å²) in [4.78, 5) is 12.4. The predicted octanol–water partition coefficient (Wildman–Crippen LogP) is 5.13. The summed E-state index contributed by atoms with van der Waals surface area (Å²) in [6.07, 6.45) is 3.94. The summed E-state index contributed by atoms with van der Waals surface area (Å²) in [6.45, 7) is 0. The number of carbonyl (C=O) groups is 1. The molecule has 0 spiro atoms. The lowest BCUT2D eigenvalue weighted by atomic mass is 9.87. The van der Waals surface area contributed by atoms with Crippen LogP contribution in [0.15, 0.2) is 36.4 Å². The van der Waals surface area contributed by atoms with E-state index in [4.69, 9.17) is 27.9 Å². The number of rotatable bonds is 5. The van der Waals surface area contributed by atoms with Crippen LogP contribution in [0.25, 0.3) is 0 Å². The number of hydrogen-bond donors (Lipinski definition) is 1. The second-order valence-corrected chi connectivity index (χ2v) is 7.09. The van der Waals surface area contributed by atoms with Gasteiger partial charge in [-0.05, 0) is 66.6 Å². The van der Waals surface area contributed by atoms with Gasteiger partial charge in [0.05, 0.1) is 13.2 Å². The Bertz CT molecular complexity index is 756. The minimum absolute atomic E-state index is 0.0182. The topological polar surface area (TPSA) is 38.3 Å². The van der Waals surface area contributed by atoms with E-state index in [0.717, 1.165) is 30.6 Å². The van der Waals surface area contributed by atoms with Crippen molar-refractivity contribution >= 4 is 29.1 Å². The maximum atomic E-state index is 12.4. The Labute approximate surface area is 158 Å². The van der Waals surface area contributed by atoms with E-state index >= 15 is 0 Å². The molecule has 2 aromatic rings. The lowest BCUT2D eigenvalue weighted by molar-refractivity contribution is -0.121. The Morgan fingerprint density at radius 1 is 1.24 bits per heavy atom. The maximum Gasteiger partial charge on any atom is 0.220 e. The van der Waals surface area contributed by atoms with Crippen LogP contribution in [-0.2, 0) is 17.6 Å². The molecular weight excluding hydrogens is 357 g/mol. The quantitative estimate of drug-likeness (QED) is 0.784. The van der Waals surface area contributed by atoms with Gasteiger partial charge in [0.25, 0.3) is 0 Å². The Morgan fingerprint density at radius 3 is 2.72 bits per heavy atom. The molecule has 25 heavy (non-hydrogen) atoms. The van der Waals surface area contributed by atoms with E-state index in [1.165, 1.54) is 11.1 Å². The highest BCUT2D eigenvalue weighted by Gasteiger charge is 2.22. The highest BCUT2D eigenvalue weighted by atomic mass is 35.5. The zero-order valence-corrected chi connectivity index (χ0v) is 15.7. The van der Waals surface area contributed by atoms with Gasteiger partial charge in [0.15, 0.2) is 0 Å². The van der Waals surface area contributed by atoms with E-state index in [1.54, 1.807) is 19.2 Å². The maximum absolute atomic E-state index is 12.4. The van der Waals surface area contributed by atoms with Gasteiger partial charge in [-0.15, -0.1) is 0 Å². The second kappa shape index (κ2) is 8.11. The van der Waals surface area contributed by atoms with Crippen LogP contribution in [0.4, 0.5) is 0 Å². The molecule has 0 unspecified atom stereocenters. The average Bonchev–Trinajstić information content (AvgIpc) is 2.61. The summed E-state index contributed by atoms with van der Waals surface area (Å²) in [6, 6.07) is 11.5. The summed E-state index contributed by atoms with van der Waals surface area (Å²) in [5, 5.41) is 4.37. The molecule has 0 fully saturated rings. The first kappa shape index (κ1) is 18.1. The third-order valence-electron chi connectivity index (χ3n) is 4.66. The molecule has 0 heterocycles. The van der Waals surface area contributed by atoms with Gasteiger partial charge in [-0.1, -0.05) is 35.3 Å². The van der Waals surface area contributed by atoms with Gasteiger partial charge in [0, 0.05) is 16.5 Å². The monoisotopic (exact) mass is 377 g/mol. The standard InChI is InChI=1S/C20H21Cl2NO2/c1-25-14-8-9-15-13(12-14)4-2-7-19(15)23-20(24)11-10-16-17(21)5-3-6-18(16)22/h3,5-6,8-9,12,19H,2,4,7,10-11H2,1H3,(H,23,24)/t19-/m1/s1. The van der Waals surface area contributed by atoms with E-state index in [0.29, 0.717) is 22.9 Å². The highest BCUT2D eigenvalue weighted by molar-refractivity contribution is 6.36. The summed E-state index contributed by atoms with van der Waals surface area (Å²) in [5.41, 5.74) is 3.27. The number of ether oxygens (including phenoxy) is 1. The van der Waals surface area contributed by atoms with Crippen LogP contribution in [0.5, 0.6) is 5.75 Å². The molecule has 132 valence electrons. The molecule has 1 amide bonds. The van der Waals surface area contributed by atoms with E-state index in [1.807, 2.05) is 12.1 Å². The zero-order chi connectivity index (χ0) is 17.8. The van der Waals surface area contributed by atoms with Crippen LogP contribution in [0.3, 0.4) is 0 Å². The molecular formula is C20H21Cl2NO2. The van der Waals surface area contributed by atoms with Crippen molar-refractivity contribution in [2.24, 2.45) is 0 Å². The third-order valence-corrected chi connectivity index (χ3v) is 5.37. The SMILES string of the molecule is COc1ccc2c(c1)CCC[C@H]2NC(=O)CCc1c(Cl)cccc1Cl. The van der Waals surface area contributed by atoms with Gasteiger partial charge in [-0.25, -0.2) is 0 Å². The first-order valence-corrected chi connectivity index (χ1v) is 9.23. The molecule has 3 rings (SSSR count). The molecule has 3 nitrogen and oxygen atoms in total. The number of nitrogens with one attached hydrogen (secondary N) is 1. The molecule has 1 N–H and O–H groups in total. The smallest absolute Gasteiger partial charge is 0.220 e. The Morgan fingerprint density at radius 2 is 2.00 bits per heavy atom. The van der Waals surface area contributed by atoms with Gasteiger partial charge < -0.3 is 10.1 Å². The van der Waals surface area contributed by atoms with Gasteiger partial charge >= 0.3 is 0 Å². The molecule has 2 aromatic carbocycles. The molecule has 0 saturated heterocycles. The first-order valence-electron chi connectivity index (χ1n) is 8.47. The molecule has 1 atom stereocenters. The molecule has 0 saturated carbocycles. The molecule has 0 aromatic heterocycles. The van der Waals surface area contributed by atoms with Crippen molar-refractivity contribution in [1.29, 1.82) is 0 Å². The van der Waals surface area contributed by atoms with E-state index < -0.39 is 0 Å².